The molecule has 0 saturated heterocycles. The molecule has 0 amide bonds. The quantitative estimate of drug-likeness (QED) is 0.0545. The summed E-state index contributed by atoms with van der Waals surface area (Å²) in [7, 11) is 0. The number of para-hydroxylation sites is 3. The minimum atomic E-state index is -0.258. The molecule has 8 aromatic rings. The van der Waals surface area contributed by atoms with Crippen LogP contribution in [0.2, 0.25) is 0 Å². The monoisotopic (exact) mass is 1260 g/mol. The van der Waals surface area contributed by atoms with E-state index >= 15 is 0 Å². The van der Waals surface area contributed by atoms with E-state index in [2.05, 4.69) is 44.2 Å². The summed E-state index contributed by atoms with van der Waals surface area (Å²) in [6.07, 6.45) is 7.19. The summed E-state index contributed by atoms with van der Waals surface area (Å²) >= 11 is 0. The molecular formula is C77H86F2N6O8. The molecule has 8 rings (SSSR count). The molecule has 8 aromatic carbocycles. The fourth-order valence-electron chi connectivity index (χ4n) is 6.94. The van der Waals surface area contributed by atoms with Crippen LogP contribution >= 0.6 is 0 Å². The van der Waals surface area contributed by atoms with E-state index in [1.807, 2.05) is 133 Å². The van der Waals surface area contributed by atoms with Crippen molar-refractivity contribution in [2.75, 3.05) is 52.9 Å². The first-order chi connectivity index (χ1) is 45.4. The number of nitrogens with zero attached hydrogens (tertiary/aromatic N) is 6. The van der Waals surface area contributed by atoms with Crippen LogP contribution in [0.3, 0.4) is 0 Å². The highest BCUT2D eigenvalue weighted by Gasteiger charge is 2.03. The number of halogens is 2. The molecule has 0 saturated carbocycles. The van der Waals surface area contributed by atoms with Crippen LogP contribution in [-0.2, 0) is 0 Å². The van der Waals surface area contributed by atoms with Crippen molar-refractivity contribution in [1.29, 1.82) is 31.6 Å². The summed E-state index contributed by atoms with van der Waals surface area (Å²) in [6, 6.07) is 68.0. The molecule has 0 radical (unpaired) electrons. The van der Waals surface area contributed by atoms with Gasteiger partial charge in [-0.3, -0.25) is 0 Å². The van der Waals surface area contributed by atoms with Gasteiger partial charge in [0.15, 0.2) is 0 Å². The number of rotatable bonds is 23. The van der Waals surface area contributed by atoms with Crippen LogP contribution in [0.25, 0.3) is 0 Å². The number of benzene rings is 8. The normalized spacial score (nSPS) is 9.12. The van der Waals surface area contributed by atoms with Crippen LogP contribution in [0.15, 0.2) is 194 Å². The van der Waals surface area contributed by atoms with Crippen molar-refractivity contribution in [2.24, 2.45) is 0 Å². The zero-order chi connectivity index (χ0) is 68.4. The Bertz CT molecular complexity index is 3560. The van der Waals surface area contributed by atoms with Gasteiger partial charge in [-0.25, -0.2) is 8.78 Å². The first-order valence-corrected chi connectivity index (χ1v) is 30.9. The van der Waals surface area contributed by atoms with E-state index < -0.39 is 0 Å². The SMILES string of the molecule is CCCCOc1cccc(C#N)c1.CCCCOc1ccccc1C#N.CCCOc1cccc(C#N)c1.CCCOc1cccc(F)c1.CCCOc1ccccc1C#N.CCOc1cccc(C#N)c1.CCOc1cccc(F)c1.CCOc1ccccc1C#N. The maximum Gasteiger partial charge on any atom is 0.137 e. The summed E-state index contributed by atoms with van der Waals surface area (Å²) in [6.45, 7) is 21.2. The minimum absolute atomic E-state index is 0.251. The molecule has 0 aromatic heterocycles. The zero-order valence-corrected chi connectivity index (χ0v) is 54.8. The Morgan fingerprint density at radius 2 is 0.548 bits per heavy atom. The molecule has 0 bridgehead atoms. The molecule has 0 atom stereocenters. The van der Waals surface area contributed by atoms with E-state index in [1.54, 1.807) is 84.9 Å². The predicted octanol–water partition coefficient (Wildman–Crippen LogP) is 18.9. The summed E-state index contributed by atoms with van der Waals surface area (Å²) in [5, 5.41) is 51.8. The number of nitriles is 6. The predicted molar refractivity (Wildman–Crippen MR) is 361 cm³/mol. The van der Waals surface area contributed by atoms with Gasteiger partial charge in [0.25, 0.3) is 0 Å². The van der Waals surface area contributed by atoms with Crippen LogP contribution in [0, 0.1) is 79.6 Å². The van der Waals surface area contributed by atoms with E-state index in [9.17, 15) is 8.78 Å². The van der Waals surface area contributed by atoms with E-state index in [1.165, 1.54) is 24.3 Å². The van der Waals surface area contributed by atoms with Gasteiger partial charge in [0.2, 0.25) is 0 Å². The molecule has 0 heterocycles. The number of hydrogen-bond acceptors (Lipinski definition) is 14. The molecule has 0 aliphatic rings. The van der Waals surface area contributed by atoms with Crippen molar-refractivity contribution < 1.29 is 46.7 Å². The average Bonchev–Trinajstić information content (AvgIpc) is 3.68. The number of hydrogen-bond donors (Lipinski definition) is 0. The van der Waals surface area contributed by atoms with E-state index in [0.717, 1.165) is 68.8 Å². The van der Waals surface area contributed by atoms with Gasteiger partial charge in [0, 0.05) is 12.1 Å². The summed E-state index contributed by atoms with van der Waals surface area (Å²) < 4.78 is 67.2. The molecule has 0 aliphatic carbocycles. The second-order valence-electron chi connectivity index (χ2n) is 18.9. The second-order valence-corrected chi connectivity index (χ2v) is 18.9. The molecule has 0 unspecified atom stereocenters. The highest BCUT2D eigenvalue weighted by atomic mass is 19.1. The van der Waals surface area contributed by atoms with Gasteiger partial charge >= 0.3 is 0 Å². The van der Waals surface area contributed by atoms with Crippen molar-refractivity contribution in [2.45, 2.75) is 100 Å². The van der Waals surface area contributed by atoms with Gasteiger partial charge in [-0.15, -0.1) is 0 Å². The van der Waals surface area contributed by atoms with Crippen LogP contribution in [0.5, 0.6) is 46.0 Å². The van der Waals surface area contributed by atoms with Crippen molar-refractivity contribution in [3.63, 3.8) is 0 Å². The lowest BCUT2D eigenvalue weighted by Gasteiger charge is -2.05. The highest BCUT2D eigenvalue weighted by Crippen LogP contribution is 2.20. The third-order valence-electron chi connectivity index (χ3n) is 11.4. The van der Waals surface area contributed by atoms with Gasteiger partial charge in [0.1, 0.15) is 75.8 Å². The first kappa shape index (κ1) is 80.0. The number of unbranched alkanes of at least 4 members (excludes halogenated alkanes) is 2. The fourth-order valence-corrected chi connectivity index (χ4v) is 6.94. The summed E-state index contributed by atoms with van der Waals surface area (Å²) in [5.41, 5.74) is 3.73. The molecule has 93 heavy (non-hydrogen) atoms. The topological polar surface area (TPSA) is 217 Å². The Labute approximate surface area is 550 Å². The third-order valence-corrected chi connectivity index (χ3v) is 11.4. The maximum absolute atomic E-state index is 12.5. The Kier molecular flexibility index (Phi) is 46.4. The zero-order valence-electron chi connectivity index (χ0n) is 54.8. The Morgan fingerprint density at radius 1 is 0.269 bits per heavy atom. The minimum Gasteiger partial charge on any atom is -0.494 e. The fraction of sp³-hybridized carbons (Fsp3) is 0.299. The van der Waals surface area contributed by atoms with Crippen molar-refractivity contribution in [1.82, 2.24) is 0 Å². The van der Waals surface area contributed by atoms with Crippen molar-refractivity contribution in [3.05, 3.63) is 239 Å². The molecular weight excluding hydrogens is 1170 g/mol. The molecule has 16 heteroatoms. The van der Waals surface area contributed by atoms with Gasteiger partial charge in [0.05, 0.1) is 104 Å². The van der Waals surface area contributed by atoms with Gasteiger partial charge in [-0.2, -0.15) is 31.6 Å². The van der Waals surface area contributed by atoms with Crippen molar-refractivity contribution >= 4 is 0 Å². The lowest BCUT2D eigenvalue weighted by Crippen LogP contribution is -1.97. The molecule has 0 fully saturated rings. The molecule has 0 aliphatic heterocycles. The van der Waals surface area contributed by atoms with Crippen LogP contribution in [0.4, 0.5) is 8.78 Å². The Balaban J connectivity index is 0.000000532. The molecule has 0 N–H and O–H groups in total. The standard InChI is InChI=1S/2C11H13NO.2C10H11NO.C9H11FO.2C9H9NO.C8H9FO/c1-2-3-8-13-11-7-5-4-6-10(11)9-12;1-2-3-7-13-11-6-4-5-10(8-11)9-12;1-2-7-12-10-6-4-3-5-9(10)8-11;1-2-6-12-10-5-3-4-9(7-10)8-11;1-2-6-11-9-5-3-4-8(10)7-9;1-2-11-9-5-3-4-8(6-9)7-10;1-2-11-9-6-4-3-5-8(9)7-10;1-2-10-8-5-3-4-7(9)6-8/h4-7H,2-3,8H2,1H3;4-6,8H,2-3,7H2,1H3;3-6H,2,7H2,1H3;3-5,7H,2,6H2,1H3;3-5,7H,2,6H2,1H3;2*3-6H,2H2,1H3;3-6H,2H2,1H3. The van der Waals surface area contributed by atoms with E-state index in [-0.39, 0.29) is 11.6 Å². The highest BCUT2D eigenvalue weighted by molar-refractivity contribution is 5.44. The van der Waals surface area contributed by atoms with E-state index in [4.69, 9.17) is 69.5 Å². The molecule has 14 nitrogen and oxygen atoms in total. The largest absolute Gasteiger partial charge is 0.494 e. The number of ether oxygens (including phenoxy) is 8. The average molecular weight is 1260 g/mol. The van der Waals surface area contributed by atoms with E-state index in [0.29, 0.717) is 108 Å². The molecule has 0 spiro atoms. The first-order valence-electron chi connectivity index (χ1n) is 30.9. The second kappa shape index (κ2) is 53.9. The third kappa shape index (κ3) is 38.2. The lowest BCUT2D eigenvalue weighted by molar-refractivity contribution is 0.308. The van der Waals surface area contributed by atoms with Gasteiger partial charge in [-0.05, 0) is 168 Å². The van der Waals surface area contributed by atoms with Crippen molar-refractivity contribution in [3.8, 4) is 82.4 Å². The van der Waals surface area contributed by atoms with Crippen LogP contribution in [-0.4, -0.2) is 52.9 Å². The maximum atomic E-state index is 12.5. The summed E-state index contributed by atoms with van der Waals surface area (Å²) in [4.78, 5) is 0. The molecule has 486 valence electrons. The Morgan fingerprint density at radius 3 is 0.871 bits per heavy atom. The van der Waals surface area contributed by atoms with Crippen LogP contribution in [0.1, 0.15) is 134 Å². The smallest absolute Gasteiger partial charge is 0.137 e. The summed E-state index contributed by atoms with van der Waals surface area (Å²) in [5.74, 6) is 5.03. The lowest BCUT2D eigenvalue weighted by atomic mass is 10.2. The van der Waals surface area contributed by atoms with Crippen LogP contribution < -0.4 is 37.9 Å². The Hall–Kier alpha value is -11.0. The van der Waals surface area contributed by atoms with Gasteiger partial charge < -0.3 is 37.9 Å². The van der Waals surface area contributed by atoms with Gasteiger partial charge in [-0.1, -0.05) is 114 Å².